The Morgan fingerprint density at radius 3 is 2.30 bits per heavy atom. The molecule has 0 saturated heterocycles. The van der Waals surface area contributed by atoms with Crippen LogP contribution >= 0.6 is 23.4 Å². The highest BCUT2D eigenvalue weighted by Gasteiger charge is 2.09. The number of hydrogen-bond acceptors (Lipinski definition) is 3. The molecule has 0 radical (unpaired) electrons. The molecule has 0 spiro atoms. The van der Waals surface area contributed by atoms with Gasteiger partial charge in [0.1, 0.15) is 0 Å². The fourth-order valence-electron chi connectivity index (χ4n) is 2.66. The summed E-state index contributed by atoms with van der Waals surface area (Å²) in [7, 11) is 0. The van der Waals surface area contributed by atoms with Crippen LogP contribution in [-0.2, 0) is 9.59 Å². The third-order valence-corrected chi connectivity index (χ3v) is 5.17. The Bertz CT molecular complexity index is 986. The van der Waals surface area contributed by atoms with Crippen LogP contribution in [0.3, 0.4) is 0 Å². The van der Waals surface area contributed by atoms with Crippen LogP contribution < -0.4 is 10.6 Å². The van der Waals surface area contributed by atoms with Crippen molar-refractivity contribution in [3.05, 3.63) is 71.2 Å². The monoisotopic (exact) mass is 398 g/mol. The van der Waals surface area contributed by atoms with E-state index < -0.39 is 0 Å². The van der Waals surface area contributed by atoms with Crippen LogP contribution in [0.4, 0.5) is 11.4 Å². The van der Waals surface area contributed by atoms with Crippen LogP contribution in [0, 0.1) is 6.92 Å². The first-order chi connectivity index (χ1) is 13.0. The fourth-order valence-corrected chi connectivity index (χ4v) is 3.56. The summed E-state index contributed by atoms with van der Waals surface area (Å²) in [6.07, 6.45) is 0. The lowest BCUT2D eigenvalue weighted by atomic mass is 10.1. The molecule has 0 heterocycles. The number of nitrogens with one attached hydrogen (secondary N) is 2. The molecule has 4 nitrogen and oxygen atoms in total. The van der Waals surface area contributed by atoms with Crippen molar-refractivity contribution in [3.8, 4) is 0 Å². The van der Waals surface area contributed by atoms with Gasteiger partial charge in [-0.15, -0.1) is 11.8 Å². The largest absolute Gasteiger partial charge is 0.325 e. The molecule has 0 aliphatic heterocycles. The van der Waals surface area contributed by atoms with Crippen LogP contribution in [0.2, 0.25) is 5.02 Å². The molecule has 2 amide bonds. The van der Waals surface area contributed by atoms with Gasteiger partial charge in [0.2, 0.25) is 11.8 Å². The zero-order valence-electron chi connectivity index (χ0n) is 14.8. The first-order valence-electron chi connectivity index (χ1n) is 8.44. The standard InChI is InChI=1S/C21H19ClN2O2S/c1-14-9-10-19(17(22)11-14)24-21(26)13-27-12-20(25)23-18-8-4-6-15-5-2-3-7-16(15)18/h2-11H,12-13H2,1H3,(H,23,25)(H,24,26). The minimum Gasteiger partial charge on any atom is -0.325 e. The molecule has 0 aromatic heterocycles. The minimum absolute atomic E-state index is 0.141. The SMILES string of the molecule is Cc1ccc(NC(=O)CSCC(=O)Nc2cccc3ccccc23)c(Cl)c1. The summed E-state index contributed by atoms with van der Waals surface area (Å²) in [6, 6.07) is 19.1. The number of benzene rings is 3. The van der Waals surface area contributed by atoms with E-state index in [2.05, 4.69) is 10.6 Å². The number of aryl methyl sites for hydroxylation is 1. The molecule has 0 saturated carbocycles. The molecular formula is C21H19ClN2O2S. The van der Waals surface area contributed by atoms with Crippen LogP contribution in [-0.4, -0.2) is 23.3 Å². The molecule has 27 heavy (non-hydrogen) atoms. The van der Waals surface area contributed by atoms with Gasteiger partial charge in [-0.1, -0.05) is 54.1 Å². The second kappa shape index (κ2) is 8.93. The molecule has 0 aliphatic carbocycles. The van der Waals surface area contributed by atoms with Gasteiger partial charge in [-0.2, -0.15) is 0 Å². The fraction of sp³-hybridized carbons (Fsp3) is 0.143. The Morgan fingerprint density at radius 2 is 1.56 bits per heavy atom. The van der Waals surface area contributed by atoms with Gasteiger partial charge < -0.3 is 10.6 Å². The summed E-state index contributed by atoms with van der Waals surface area (Å²) < 4.78 is 0. The molecule has 138 valence electrons. The summed E-state index contributed by atoms with van der Waals surface area (Å²) in [5.41, 5.74) is 2.38. The zero-order valence-corrected chi connectivity index (χ0v) is 16.4. The number of anilines is 2. The summed E-state index contributed by atoms with van der Waals surface area (Å²) in [6.45, 7) is 1.93. The maximum Gasteiger partial charge on any atom is 0.234 e. The van der Waals surface area contributed by atoms with Gasteiger partial charge in [-0.05, 0) is 36.1 Å². The van der Waals surface area contributed by atoms with Crippen molar-refractivity contribution in [2.75, 3.05) is 22.1 Å². The van der Waals surface area contributed by atoms with Crippen molar-refractivity contribution in [1.29, 1.82) is 0 Å². The third-order valence-electron chi connectivity index (χ3n) is 3.93. The highest BCUT2D eigenvalue weighted by Crippen LogP contribution is 2.24. The summed E-state index contributed by atoms with van der Waals surface area (Å²) in [5.74, 6) is 0.0343. The minimum atomic E-state index is -0.191. The Kier molecular flexibility index (Phi) is 6.37. The number of hydrogen-bond donors (Lipinski definition) is 2. The smallest absolute Gasteiger partial charge is 0.234 e. The van der Waals surface area contributed by atoms with E-state index in [4.69, 9.17) is 11.6 Å². The van der Waals surface area contributed by atoms with Gasteiger partial charge >= 0.3 is 0 Å². The number of rotatable bonds is 6. The lowest BCUT2D eigenvalue weighted by molar-refractivity contribution is -0.114. The number of halogens is 1. The van der Waals surface area contributed by atoms with Gasteiger partial charge in [0.15, 0.2) is 0 Å². The molecular weight excluding hydrogens is 380 g/mol. The van der Waals surface area contributed by atoms with Crippen LogP contribution in [0.15, 0.2) is 60.7 Å². The highest BCUT2D eigenvalue weighted by atomic mass is 35.5. The Balaban J connectivity index is 1.50. The molecule has 0 bridgehead atoms. The Morgan fingerprint density at radius 1 is 0.889 bits per heavy atom. The van der Waals surface area contributed by atoms with E-state index >= 15 is 0 Å². The molecule has 3 aromatic carbocycles. The number of carbonyl (C=O) groups is 2. The van der Waals surface area contributed by atoms with Crippen molar-refractivity contribution < 1.29 is 9.59 Å². The topological polar surface area (TPSA) is 58.2 Å². The lowest BCUT2D eigenvalue weighted by Gasteiger charge is -2.09. The molecule has 3 rings (SSSR count). The van der Waals surface area contributed by atoms with Crippen molar-refractivity contribution >= 4 is 57.3 Å². The van der Waals surface area contributed by atoms with Crippen molar-refractivity contribution in [2.24, 2.45) is 0 Å². The zero-order chi connectivity index (χ0) is 19.2. The van der Waals surface area contributed by atoms with Crippen molar-refractivity contribution in [1.82, 2.24) is 0 Å². The number of carbonyl (C=O) groups excluding carboxylic acids is 2. The van der Waals surface area contributed by atoms with Crippen LogP contribution in [0.1, 0.15) is 5.56 Å². The number of thioether (sulfide) groups is 1. The predicted molar refractivity (Wildman–Crippen MR) is 115 cm³/mol. The molecule has 2 N–H and O–H groups in total. The van der Waals surface area contributed by atoms with Gasteiger partial charge in [0.05, 0.1) is 22.2 Å². The van der Waals surface area contributed by atoms with E-state index in [0.29, 0.717) is 10.7 Å². The summed E-state index contributed by atoms with van der Waals surface area (Å²) in [5, 5.41) is 8.23. The van der Waals surface area contributed by atoms with E-state index in [9.17, 15) is 9.59 Å². The number of fused-ring (bicyclic) bond motifs is 1. The summed E-state index contributed by atoms with van der Waals surface area (Å²) in [4.78, 5) is 24.2. The van der Waals surface area contributed by atoms with E-state index in [1.165, 1.54) is 11.8 Å². The van der Waals surface area contributed by atoms with Gasteiger partial charge in [-0.3, -0.25) is 9.59 Å². The van der Waals surface area contributed by atoms with Crippen molar-refractivity contribution in [3.63, 3.8) is 0 Å². The lowest BCUT2D eigenvalue weighted by Crippen LogP contribution is -2.18. The third kappa shape index (κ3) is 5.25. The van der Waals surface area contributed by atoms with Crippen LogP contribution in [0.5, 0.6) is 0 Å². The molecule has 6 heteroatoms. The molecule has 3 aromatic rings. The highest BCUT2D eigenvalue weighted by molar-refractivity contribution is 8.00. The van der Waals surface area contributed by atoms with E-state index in [1.54, 1.807) is 12.1 Å². The maximum atomic E-state index is 12.2. The first-order valence-corrected chi connectivity index (χ1v) is 9.97. The molecule has 0 aliphatic rings. The van der Waals surface area contributed by atoms with Crippen molar-refractivity contribution in [2.45, 2.75) is 6.92 Å². The first kappa shape index (κ1) is 19.3. The maximum absolute atomic E-state index is 12.2. The Hall–Kier alpha value is -2.50. The molecule has 0 fully saturated rings. The van der Waals surface area contributed by atoms with E-state index in [-0.39, 0.29) is 23.3 Å². The summed E-state index contributed by atoms with van der Waals surface area (Å²) >= 11 is 7.37. The quantitative estimate of drug-likeness (QED) is 0.606. The van der Waals surface area contributed by atoms with Gasteiger partial charge in [0.25, 0.3) is 0 Å². The number of amides is 2. The van der Waals surface area contributed by atoms with Gasteiger partial charge in [-0.25, -0.2) is 0 Å². The second-order valence-electron chi connectivity index (χ2n) is 6.10. The van der Waals surface area contributed by atoms with Crippen LogP contribution in [0.25, 0.3) is 10.8 Å². The Labute approximate surface area is 167 Å². The predicted octanol–water partition coefficient (Wildman–Crippen LogP) is 5.11. The normalized spacial score (nSPS) is 10.6. The van der Waals surface area contributed by atoms with E-state index in [1.807, 2.05) is 55.5 Å². The second-order valence-corrected chi connectivity index (χ2v) is 7.49. The molecule has 0 atom stereocenters. The molecule has 0 unspecified atom stereocenters. The average molecular weight is 399 g/mol. The van der Waals surface area contributed by atoms with Gasteiger partial charge in [0, 0.05) is 11.1 Å². The average Bonchev–Trinajstić information content (AvgIpc) is 2.64. The van der Waals surface area contributed by atoms with E-state index in [0.717, 1.165) is 22.0 Å².